The predicted octanol–water partition coefficient (Wildman–Crippen LogP) is 2.93. The van der Waals surface area contributed by atoms with E-state index in [2.05, 4.69) is 10.6 Å². The van der Waals surface area contributed by atoms with Crippen molar-refractivity contribution in [3.05, 3.63) is 59.7 Å². The fourth-order valence-electron chi connectivity index (χ4n) is 2.78. The Hall–Kier alpha value is -2.67. The van der Waals surface area contributed by atoms with Crippen LogP contribution in [-0.2, 0) is 14.6 Å². The Kier molecular flexibility index (Phi) is 5.32. The van der Waals surface area contributed by atoms with Gasteiger partial charge < -0.3 is 10.6 Å². The summed E-state index contributed by atoms with van der Waals surface area (Å²) in [5.41, 5.74) is 1.70. The molecule has 142 valence electrons. The summed E-state index contributed by atoms with van der Waals surface area (Å²) in [4.78, 5) is 24.4. The minimum atomic E-state index is -3.50. The number of hydrogen-bond acceptors (Lipinski definition) is 4. The van der Waals surface area contributed by atoms with Crippen LogP contribution in [-0.4, -0.2) is 26.5 Å². The van der Waals surface area contributed by atoms with Crippen LogP contribution in [0.15, 0.2) is 53.4 Å². The molecule has 6 nitrogen and oxygen atoms in total. The van der Waals surface area contributed by atoms with E-state index >= 15 is 0 Å². The lowest BCUT2D eigenvalue weighted by atomic mass is 10.1. The number of rotatable bonds is 6. The molecule has 1 fully saturated rings. The maximum atomic E-state index is 12.6. The minimum Gasteiger partial charge on any atom is -0.345 e. The number of anilines is 1. The lowest BCUT2D eigenvalue weighted by molar-refractivity contribution is -0.117. The summed E-state index contributed by atoms with van der Waals surface area (Å²) in [6.07, 6.45) is 2.97. The van der Waals surface area contributed by atoms with Crippen molar-refractivity contribution in [2.45, 2.75) is 30.7 Å². The Balaban J connectivity index is 1.69. The normalized spacial score (nSPS) is 15.0. The van der Waals surface area contributed by atoms with Crippen molar-refractivity contribution in [2.75, 3.05) is 11.6 Å². The topological polar surface area (TPSA) is 92.3 Å². The van der Waals surface area contributed by atoms with E-state index in [4.69, 9.17) is 0 Å². The molecule has 2 aromatic carbocycles. The van der Waals surface area contributed by atoms with Crippen molar-refractivity contribution in [3.8, 4) is 0 Å². The highest BCUT2D eigenvalue weighted by molar-refractivity contribution is 7.90. The van der Waals surface area contributed by atoms with Crippen molar-refractivity contribution in [3.63, 3.8) is 0 Å². The van der Waals surface area contributed by atoms with E-state index in [1.54, 1.807) is 24.3 Å². The van der Waals surface area contributed by atoms with Gasteiger partial charge in [0.15, 0.2) is 9.84 Å². The first-order valence-electron chi connectivity index (χ1n) is 8.76. The summed E-state index contributed by atoms with van der Waals surface area (Å²) < 4.78 is 23.8. The maximum absolute atomic E-state index is 12.6. The van der Waals surface area contributed by atoms with Gasteiger partial charge in [0.05, 0.1) is 16.5 Å². The van der Waals surface area contributed by atoms with E-state index in [0.717, 1.165) is 30.3 Å². The average Bonchev–Trinajstić information content (AvgIpc) is 3.46. The van der Waals surface area contributed by atoms with Crippen molar-refractivity contribution >= 4 is 27.3 Å². The molecule has 2 aromatic rings. The summed E-state index contributed by atoms with van der Waals surface area (Å²) >= 11 is 0. The van der Waals surface area contributed by atoms with Gasteiger partial charge in [-0.25, -0.2) is 8.42 Å². The first-order chi connectivity index (χ1) is 12.8. The summed E-state index contributed by atoms with van der Waals surface area (Å²) in [6, 6.07) is 13.1. The highest BCUT2D eigenvalue weighted by atomic mass is 32.2. The van der Waals surface area contributed by atoms with Gasteiger partial charge in [-0.05, 0) is 49.6 Å². The van der Waals surface area contributed by atoms with Crippen LogP contribution < -0.4 is 10.6 Å². The van der Waals surface area contributed by atoms with Crippen LogP contribution in [0.3, 0.4) is 0 Å². The third kappa shape index (κ3) is 4.74. The van der Waals surface area contributed by atoms with Gasteiger partial charge in [-0.3, -0.25) is 9.59 Å². The van der Waals surface area contributed by atoms with Gasteiger partial charge >= 0.3 is 0 Å². The summed E-state index contributed by atoms with van der Waals surface area (Å²) in [6.45, 7) is 1.82. The number of carbonyl (C=O) groups excluding carboxylic acids is 2. The second-order valence-electron chi connectivity index (χ2n) is 6.85. The number of nitrogens with one attached hydrogen (secondary N) is 2. The van der Waals surface area contributed by atoms with Crippen LogP contribution in [0, 0.1) is 5.92 Å². The number of hydrogen-bond donors (Lipinski definition) is 2. The van der Waals surface area contributed by atoms with Gasteiger partial charge in [-0.15, -0.1) is 0 Å². The van der Waals surface area contributed by atoms with Crippen molar-refractivity contribution in [1.29, 1.82) is 0 Å². The van der Waals surface area contributed by atoms with Crippen molar-refractivity contribution in [2.24, 2.45) is 5.92 Å². The molecule has 1 atom stereocenters. The Labute approximate surface area is 158 Å². The van der Waals surface area contributed by atoms with Crippen LogP contribution >= 0.6 is 0 Å². The maximum Gasteiger partial charge on any atom is 0.253 e. The zero-order valence-electron chi connectivity index (χ0n) is 15.2. The van der Waals surface area contributed by atoms with Gasteiger partial charge in [0.2, 0.25) is 5.91 Å². The van der Waals surface area contributed by atoms with Crippen LogP contribution in [0.5, 0.6) is 0 Å². The van der Waals surface area contributed by atoms with E-state index in [-0.39, 0.29) is 28.3 Å². The predicted molar refractivity (Wildman–Crippen MR) is 103 cm³/mol. The van der Waals surface area contributed by atoms with E-state index in [0.29, 0.717) is 0 Å². The molecule has 1 aliphatic carbocycles. The van der Waals surface area contributed by atoms with E-state index < -0.39 is 15.7 Å². The molecule has 2 amide bonds. The smallest absolute Gasteiger partial charge is 0.253 e. The van der Waals surface area contributed by atoms with Gasteiger partial charge in [-0.1, -0.05) is 24.3 Å². The van der Waals surface area contributed by atoms with Gasteiger partial charge in [0.1, 0.15) is 0 Å². The van der Waals surface area contributed by atoms with Crippen LogP contribution in [0.4, 0.5) is 5.69 Å². The lowest BCUT2D eigenvalue weighted by Gasteiger charge is -2.16. The number of benzene rings is 2. The van der Waals surface area contributed by atoms with Crippen LogP contribution in [0.1, 0.15) is 41.7 Å². The molecule has 0 heterocycles. The molecule has 0 saturated heterocycles. The van der Waals surface area contributed by atoms with Gasteiger partial charge in [0.25, 0.3) is 5.91 Å². The second kappa shape index (κ2) is 7.52. The molecule has 7 heteroatoms. The van der Waals surface area contributed by atoms with E-state index in [1.165, 1.54) is 12.1 Å². The number of amides is 2. The monoisotopic (exact) mass is 386 g/mol. The highest BCUT2D eigenvalue weighted by Crippen LogP contribution is 2.30. The molecule has 1 saturated carbocycles. The standard InChI is InChI=1S/C20H22N2O4S/c1-13(14-9-11-16(12-10-14)22-19(23)15-7-8-15)21-20(24)17-5-3-4-6-18(17)27(2,25)26/h3-6,9-13,15H,7-8H2,1-2H3,(H,21,24)(H,22,23). The molecule has 0 bridgehead atoms. The van der Waals surface area contributed by atoms with Gasteiger partial charge in [0, 0.05) is 17.9 Å². The minimum absolute atomic E-state index is 0.00726. The summed E-state index contributed by atoms with van der Waals surface area (Å²) in [7, 11) is -3.50. The second-order valence-corrected chi connectivity index (χ2v) is 8.83. The zero-order chi connectivity index (χ0) is 19.6. The fraction of sp³-hybridized carbons (Fsp3) is 0.300. The van der Waals surface area contributed by atoms with Crippen LogP contribution in [0.25, 0.3) is 0 Å². The van der Waals surface area contributed by atoms with E-state index in [1.807, 2.05) is 19.1 Å². The highest BCUT2D eigenvalue weighted by Gasteiger charge is 2.29. The Morgan fingerprint density at radius 1 is 1.04 bits per heavy atom. The SMILES string of the molecule is CC(NC(=O)c1ccccc1S(C)(=O)=O)c1ccc(NC(=O)C2CC2)cc1. The zero-order valence-corrected chi connectivity index (χ0v) is 16.0. The molecule has 0 spiro atoms. The molecule has 1 unspecified atom stereocenters. The van der Waals surface area contributed by atoms with Gasteiger partial charge in [-0.2, -0.15) is 0 Å². The third-order valence-corrected chi connectivity index (χ3v) is 5.66. The van der Waals surface area contributed by atoms with Crippen molar-refractivity contribution < 1.29 is 18.0 Å². The largest absolute Gasteiger partial charge is 0.345 e. The lowest BCUT2D eigenvalue weighted by Crippen LogP contribution is -2.28. The van der Waals surface area contributed by atoms with Crippen molar-refractivity contribution in [1.82, 2.24) is 5.32 Å². The molecular weight excluding hydrogens is 364 g/mol. The quantitative estimate of drug-likeness (QED) is 0.798. The molecule has 0 aromatic heterocycles. The van der Waals surface area contributed by atoms with Crippen LogP contribution in [0.2, 0.25) is 0 Å². The Bertz CT molecular complexity index is 964. The molecule has 2 N–H and O–H groups in total. The average molecular weight is 386 g/mol. The number of carbonyl (C=O) groups is 2. The molecule has 0 aliphatic heterocycles. The van der Waals surface area contributed by atoms with E-state index in [9.17, 15) is 18.0 Å². The molecule has 0 radical (unpaired) electrons. The summed E-state index contributed by atoms with van der Waals surface area (Å²) in [5.74, 6) is -0.270. The number of sulfone groups is 1. The summed E-state index contributed by atoms with van der Waals surface area (Å²) in [5, 5.41) is 5.69. The molecule has 1 aliphatic rings. The molecular formula is C20H22N2O4S. The third-order valence-electron chi connectivity index (χ3n) is 4.51. The molecule has 27 heavy (non-hydrogen) atoms. The molecule has 3 rings (SSSR count). The fourth-order valence-corrected chi connectivity index (χ4v) is 3.67. The Morgan fingerprint density at radius 3 is 2.26 bits per heavy atom. The first kappa shape index (κ1) is 19.1. The Morgan fingerprint density at radius 2 is 1.67 bits per heavy atom. The first-order valence-corrected chi connectivity index (χ1v) is 10.7.